The van der Waals surface area contributed by atoms with Crippen molar-refractivity contribution >= 4 is 35.0 Å². The Labute approximate surface area is 166 Å². The van der Waals surface area contributed by atoms with Crippen molar-refractivity contribution in [3.05, 3.63) is 34.6 Å². The van der Waals surface area contributed by atoms with Crippen molar-refractivity contribution < 1.29 is 18.3 Å². The third kappa shape index (κ3) is 6.10. The first-order chi connectivity index (χ1) is 12.8. The molecule has 0 aliphatic carbocycles. The maximum atomic E-state index is 12.3. The fraction of sp³-hybridized carbons (Fsp3) is 0.444. The van der Waals surface area contributed by atoms with E-state index in [0.29, 0.717) is 5.69 Å². The van der Waals surface area contributed by atoms with Crippen LogP contribution >= 0.6 is 23.4 Å². The van der Waals surface area contributed by atoms with Crippen LogP contribution in [0, 0.1) is 13.8 Å². The Balaban J connectivity index is 1.97. The molecule has 0 spiro atoms. The van der Waals surface area contributed by atoms with Crippen LogP contribution in [0.5, 0.6) is 5.75 Å². The molecule has 1 heterocycles. The Hall–Kier alpha value is -1.80. The number of hydrogen-bond acceptors (Lipinski definition) is 4. The summed E-state index contributed by atoms with van der Waals surface area (Å²) in [6.07, 6.45) is 2.12. The number of ether oxygens (including phenoxy) is 1. The number of aryl methyl sites for hydroxylation is 1. The molecule has 2 rings (SSSR count). The number of aromatic nitrogens is 2. The number of nitrogens with zero attached hydrogens (tertiary/aromatic N) is 2. The van der Waals surface area contributed by atoms with Gasteiger partial charge in [0.05, 0.1) is 16.5 Å². The average molecular weight is 418 g/mol. The number of hydrogen-bond donors (Lipinski definition) is 1. The molecular formula is C18H22ClF2N3O2S. The van der Waals surface area contributed by atoms with E-state index < -0.39 is 6.61 Å². The van der Waals surface area contributed by atoms with Gasteiger partial charge in [-0.25, -0.2) is 4.98 Å². The monoisotopic (exact) mass is 417 g/mol. The van der Waals surface area contributed by atoms with Crippen LogP contribution in [-0.4, -0.2) is 27.8 Å². The van der Waals surface area contributed by atoms with Crippen LogP contribution in [0.2, 0.25) is 5.02 Å². The van der Waals surface area contributed by atoms with Crippen molar-refractivity contribution in [2.24, 2.45) is 0 Å². The smallest absolute Gasteiger partial charge is 0.387 e. The minimum Gasteiger partial charge on any atom is -0.433 e. The zero-order valence-electron chi connectivity index (χ0n) is 15.4. The standard InChI is InChI=1S/C18H22ClF2N3O2S/c1-4-5-8-24-12(3)11(2)22-18(24)27-10-16(25)23-13-6-7-15(14(19)9-13)26-17(20)21/h6-7,9,17H,4-5,8,10H2,1-3H3,(H,23,25). The van der Waals surface area contributed by atoms with E-state index in [1.165, 1.54) is 30.0 Å². The maximum Gasteiger partial charge on any atom is 0.387 e. The molecule has 2 aromatic rings. The van der Waals surface area contributed by atoms with E-state index in [-0.39, 0.29) is 22.4 Å². The second-order valence-electron chi connectivity index (χ2n) is 5.93. The number of amides is 1. The van der Waals surface area contributed by atoms with Gasteiger partial charge in [-0.3, -0.25) is 4.79 Å². The highest BCUT2D eigenvalue weighted by atomic mass is 35.5. The molecule has 5 nitrogen and oxygen atoms in total. The first kappa shape index (κ1) is 21.5. The molecule has 0 bridgehead atoms. The second-order valence-corrected chi connectivity index (χ2v) is 7.28. The second kappa shape index (κ2) is 9.94. The molecule has 1 aromatic heterocycles. The number of thioether (sulfide) groups is 1. The molecule has 1 amide bonds. The fourth-order valence-corrected chi connectivity index (χ4v) is 3.55. The Kier molecular flexibility index (Phi) is 7.91. The molecule has 0 aliphatic rings. The van der Waals surface area contributed by atoms with Gasteiger partial charge in [0.15, 0.2) is 5.16 Å². The number of carbonyl (C=O) groups excluding carboxylic acids is 1. The highest BCUT2D eigenvalue weighted by Gasteiger charge is 2.14. The molecule has 0 aliphatic heterocycles. The average Bonchev–Trinajstić information content (AvgIpc) is 2.87. The number of unbranched alkanes of at least 4 members (excludes halogenated alkanes) is 1. The van der Waals surface area contributed by atoms with Crippen molar-refractivity contribution in [3.8, 4) is 5.75 Å². The van der Waals surface area contributed by atoms with E-state index in [0.717, 1.165) is 35.9 Å². The van der Waals surface area contributed by atoms with Gasteiger partial charge in [0.1, 0.15) is 5.75 Å². The summed E-state index contributed by atoms with van der Waals surface area (Å²) in [4.78, 5) is 16.7. The Morgan fingerprint density at radius 1 is 1.41 bits per heavy atom. The fourth-order valence-electron chi connectivity index (χ4n) is 2.41. The molecule has 0 atom stereocenters. The molecule has 0 saturated heterocycles. The number of alkyl halides is 2. The molecular weight excluding hydrogens is 396 g/mol. The third-order valence-electron chi connectivity index (χ3n) is 3.92. The normalized spacial score (nSPS) is 11.1. The molecule has 0 saturated carbocycles. The van der Waals surface area contributed by atoms with Crippen molar-refractivity contribution in [2.45, 2.75) is 51.9 Å². The molecule has 1 aromatic carbocycles. The lowest BCUT2D eigenvalue weighted by atomic mass is 10.3. The number of carbonyl (C=O) groups is 1. The zero-order valence-corrected chi connectivity index (χ0v) is 17.0. The summed E-state index contributed by atoms with van der Waals surface area (Å²) in [7, 11) is 0. The van der Waals surface area contributed by atoms with Crippen LogP contribution in [0.15, 0.2) is 23.4 Å². The summed E-state index contributed by atoms with van der Waals surface area (Å²) in [5, 5.41) is 3.51. The number of imidazole rings is 1. The molecule has 27 heavy (non-hydrogen) atoms. The molecule has 9 heteroatoms. The minimum absolute atomic E-state index is 0.00195. The quantitative estimate of drug-likeness (QED) is 0.563. The summed E-state index contributed by atoms with van der Waals surface area (Å²) in [6.45, 7) is 4.01. The number of rotatable bonds is 9. The number of anilines is 1. The van der Waals surface area contributed by atoms with E-state index in [9.17, 15) is 13.6 Å². The summed E-state index contributed by atoms with van der Waals surface area (Å²) in [5.41, 5.74) is 2.47. The van der Waals surface area contributed by atoms with Crippen LogP contribution in [0.1, 0.15) is 31.2 Å². The lowest BCUT2D eigenvalue weighted by Crippen LogP contribution is -2.15. The highest BCUT2D eigenvalue weighted by Crippen LogP contribution is 2.29. The summed E-state index contributed by atoms with van der Waals surface area (Å²) in [5.74, 6) is -0.198. The lowest BCUT2D eigenvalue weighted by Gasteiger charge is -2.10. The topological polar surface area (TPSA) is 56.2 Å². The largest absolute Gasteiger partial charge is 0.433 e. The minimum atomic E-state index is -2.96. The van der Waals surface area contributed by atoms with Gasteiger partial charge < -0.3 is 14.6 Å². The van der Waals surface area contributed by atoms with Gasteiger partial charge in [0.25, 0.3) is 0 Å². The first-order valence-corrected chi connectivity index (χ1v) is 9.89. The van der Waals surface area contributed by atoms with Crippen molar-refractivity contribution in [3.63, 3.8) is 0 Å². The zero-order chi connectivity index (χ0) is 20.0. The van der Waals surface area contributed by atoms with Gasteiger partial charge in [0.2, 0.25) is 5.91 Å². The van der Waals surface area contributed by atoms with Crippen molar-refractivity contribution in [1.82, 2.24) is 9.55 Å². The Bertz CT molecular complexity index is 799. The van der Waals surface area contributed by atoms with E-state index in [1.807, 2.05) is 13.8 Å². The van der Waals surface area contributed by atoms with Crippen molar-refractivity contribution in [1.29, 1.82) is 0 Å². The summed E-state index contributed by atoms with van der Waals surface area (Å²) >= 11 is 7.25. The Morgan fingerprint density at radius 3 is 2.78 bits per heavy atom. The van der Waals surface area contributed by atoms with Gasteiger partial charge in [-0.1, -0.05) is 36.7 Å². The molecule has 148 valence electrons. The van der Waals surface area contributed by atoms with Crippen molar-refractivity contribution in [2.75, 3.05) is 11.1 Å². The highest BCUT2D eigenvalue weighted by molar-refractivity contribution is 7.99. The predicted molar refractivity (Wildman–Crippen MR) is 104 cm³/mol. The van der Waals surface area contributed by atoms with Gasteiger partial charge in [-0.05, 0) is 38.5 Å². The molecule has 0 fully saturated rings. The van der Waals surface area contributed by atoms with Gasteiger partial charge in [-0.2, -0.15) is 8.78 Å². The van der Waals surface area contributed by atoms with Crippen LogP contribution in [0.25, 0.3) is 0 Å². The van der Waals surface area contributed by atoms with Crippen LogP contribution in [0.4, 0.5) is 14.5 Å². The summed E-state index contributed by atoms with van der Waals surface area (Å²) < 4.78 is 30.9. The predicted octanol–water partition coefficient (Wildman–Crippen LogP) is 5.29. The van der Waals surface area contributed by atoms with E-state index >= 15 is 0 Å². The van der Waals surface area contributed by atoms with Gasteiger partial charge in [0, 0.05) is 17.9 Å². The number of benzene rings is 1. The van der Waals surface area contributed by atoms with E-state index in [2.05, 4.69) is 26.5 Å². The molecule has 1 N–H and O–H groups in total. The third-order valence-corrected chi connectivity index (χ3v) is 5.19. The van der Waals surface area contributed by atoms with Gasteiger partial charge in [-0.15, -0.1) is 0 Å². The summed E-state index contributed by atoms with van der Waals surface area (Å²) in [6, 6.07) is 4.13. The number of nitrogens with one attached hydrogen (secondary N) is 1. The van der Waals surface area contributed by atoms with Crippen LogP contribution in [0.3, 0.4) is 0 Å². The lowest BCUT2D eigenvalue weighted by molar-refractivity contribution is -0.113. The molecule has 0 unspecified atom stereocenters. The first-order valence-electron chi connectivity index (χ1n) is 8.52. The van der Waals surface area contributed by atoms with Crippen LogP contribution in [-0.2, 0) is 11.3 Å². The Morgan fingerprint density at radius 2 is 2.15 bits per heavy atom. The SMILES string of the molecule is CCCCn1c(SCC(=O)Nc2ccc(OC(F)F)c(Cl)c2)nc(C)c1C. The van der Waals surface area contributed by atoms with Crippen LogP contribution < -0.4 is 10.1 Å². The molecule has 0 radical (unpaired) electrons. The van der Waals surface area contributed by atoms with E-state index in [4.69, 9.17) is 11.6 Å². The van der Waals surface area contributed by atoms with E-state index in [1.54, 1.807) is 0 Å². The maximum absolute atomic E-state index is 12.3. The number of halogens is 3. The van der Waals surface area contributed by atoms with Gasteiger partial charge >= 0.3 is 6.61 Å².